The SMILES string of the molecule is CCC/C=C/C[C@H]1CCN[C@@H]1C(=O)OC. The number of hydrogen-bond acceptors (Lipinski definition) is 3. The lowest BCUT2D eigenvalue weighted by Gasteiger charge is -2.15. The second-order valence-electron chi connectivity index (χ2n) is 4.00. The minimum atomic E-state index is -0.124. The van der Waals surface area contributed by atoms with Gasteiger partial charge in [-0.25, -0.2) is 0 Å². The van der Waals surface area contributed by atoms with Gasteiger partial charge in [-0.15, -0.1) is 0 Å². The molecule has 3 nitrogen and oxygen atoms in total. The largest absolute Gasteiger partial charge is 0.468 e. The Hall–Kier alpha value is -0.830. The summed E-state index contributed by atoms with van der Waals surface area (Å²) in [6, 6.07) is -0.0960. The van der Waals surface area contributed by atoms with Gasteiger partial charge >= 0.3 is 5.97 Å². The molecular formula is C12H21NO2. The summed E-state index contributed by atoms with van der Waals surface area (Å²) in [5, 5.41) is 3.19. The van der Waals surface area contributed by atoms with E-state index in [4.69, 9.17) is 4.74 Å². The molecule has 0 aromatic heterocycles. The average Bonchev–Trinajstić information content (AvgIpc) is 2.71. The molecule has 0 saturated carbocycles. The fraction of sp³-hybridized carbons (Fsp3) is 0.750. The minimum absolute atomic E-state index is 0.0960. The molecule has 1 aliphatic rings. The smallest absolute Gasteiger partial charge is 0.323 e. The number of esters is 1. The van der Waals surface area contributed by atoms with E-state index in [-0.39, 0.29) is 12.0 Å². The van der Waals surface area contributed by atoms with E-state index in [1.54, 1.807) is 0 Å². The molecule has 2 atom stereocenters. The molecular weight excluding hydrogens is 190 g/mol. The highest BCUT2D eigenvalue weighted by molar-refractivity contribution is 5.76. The highest BCUT2D eigenvalue weighted by Gasteiger charge is 2.32. The lowest BCUT2D eigenvalue weighted by molar-refractivity contribution is -0.143. The van der Waals surface area contributed by atoms with E-state index in [0.29, 0.717) is 5.92 Å². The van der Waals surface area contributed by atoms with Crippen molar-refractivity contribution in [2.45, 2.75) is 38.6 Å². The Morgan fingerprint density at radius 3 is 3.00 bits per heavy atom. The predicted octanol–water partition coefficient (Wildman–Crippen LogP) is 1.88. The molecule has 1 saturated heterocycles. The molecule has 0 aromatic carbocycles. The van der Waals surface area contributed by atoms with Gasteiger partial charge in [-0.2, -0.15) is 0 Å². The second kappa shape index (κ2) is 6.62. The van der Waals surface area contributed by atoms with Gasteiger partial charge in [0.15, 0.2) is 0 Å². The number of carbonyl (C=O) groups is 1. The van der Waals surface area contributed by atoms with Crippen LogP contribution < -0.4 is 5.32 Å². The minimum Gasteiger partial charge on any atom is -0.468 e. The number of rotatable bonds is 5. The van der Waals surface area contributed by atoms with Crippen LogP contribution in [0.3, 0.4) is 0 Å². The number of nitrogens with one attached hydrogen (secondary N) is 1. The maximum atomic E-state index is 11.4. The van der Waals surface area contributed by atoms with Crippen LogP contribution in [0.2, 0.25) is 0 Å². The zero-order chi connectivity index (χ0) is 11.1. The first-order chi connectivity index (χ1) is 7.29. The van der Waals surface area contributed by atoms with Gasteiger partial charge < -0.3 is 10.1 Å². The van der Waals surface area contributed by atoms with E-state index >= 15 is 0 Å². The van der Waals surface area contributed by atoms with Gasteiger partial charge in [-0.05, 0) is 31.7 Å². The molecule has 1 heterocycles. The van der Waals surface area contributed by atoms with Crippen molar-refractivity contribution in [3.05, 3.63) is 12.2 Å². The number of carbonyl (C=O) groups excluding carboxylic acids is 1. The van der Waals surface area contributed by atoms with Crippen LogP contribution in [-0.2, 0) is 9.53 Å². The van der Waals surface area contributed by atoms with Crippen molar-refractivity contribution in [3.63, 3.8) is 0 Å². The third-order valence-corrected chi connectivity index (χ3v) is 2.87. The van der Waals surface area contributed by atoms with Crippen LogP contribution in [-0.4, -0.2) is 25.7 Å². The topological polar surface area (TPSA) is 38.3 Å². The van der Waals surface area contributed by atoms with Crippen molar-refractivity contribution in [1.82, 2.24) is 5.32 Å². The molecule has 0 unspecified atom stereocenters. The van der Waals surface area contributed by atoms with Crippen LogP contribution in [0.5, 0.6) is 0 Å². The third kappa shape index (κ3) is 3.67. The summed E-state index contributed by atoms with van der Waals surface area (Å²) >= 11 is 0. The molecule has 0 aromatic rings. The molecule has 0 bridgehead atoms. The molecule has 1 fully saturated rings. The van der Waals surface area contributed by atoms with E-state index < -0.39 is 0 Å². The third-order valence-electron chi connectivity index (χ3n) is 2.87. The van der Waals surface area contributed by atoms with Gasteiger partial charge in [0, 0.05) is 0 Å². The molecule has 1 aliphatic heterocycles. The van der Waals surface area contributed by atoms with Crippen LogP contribution in [0.4, 0.5) is 0 Å². The quantitative estimate of drug-likeness (QED) is 0.557. The number of allylic oxidation sites excluding steroid dienone is 2. The molecule has 0 aliphatic carbocycles. The summed E-state index contributed by atoms with van der Waals surface area (Å²) < 4.78 is 4.77. The summed E-state index contributed by atoms with van der Waals surface area (Å²) in [7, 11) is 1.45. The van der Waals surface area contributed by atoms with Crippen molar-refractivity contribution in [3.8, 4) is 0 Å². The van der Waals surface area contributed by atoms with Crippen LogP contribution in [0.25, 0.3) is 0 Å². The first kappa shape index (κ1) is 12.2. The van der Waals surface area contributed by atoms with Gasteiger partial charge in [-0.1, -0.05) is 25.5 Å². The fourth-order valence-electron chi connectivity index (χ4n) is 1.97. The Kier molecular flexibility index (Phi) is 5.40. The van der Waals surface area contributed by atoms with E-state index in [0.717, 1.165) is 25.8 Å². The Morgan fingerprint density at radius 1 is 1.53 bits per heavy atom. The monoisotopic (exact) mass is 211 g/mol. The maximum absolute atomic E-state index is 11.4. The summed E-state index contributed by atoms with van der Waals surface area (Å²) in [4.78, 5) is 11.4. The lowest BCUT2D eigenvalue weighted by Crippen LogP contribution is -2.36. The highest BCUT2D eigenvalue weighted by atomic mass is 16.5. The van der Waals surface area contributed by atoms with Crippen molar-refractivity contribution in [2.24, 2.45) is 5.92 Å². The fourth-order valence-corrected chi connectivity index (χ4v) is 1.97. The molecule has 0 radical (unpaired) electrons. The predicted molar refractivity (Wildman–Crippen MR) is 60.6 cm³/mol. The molecule has 0 spiro atoms. The molecule has 1 rings (SSSR count). The van der Waals surface area contributed by atoms with Crippen molar-refractivity contribution in [1.29, 1.82) is 0 Å². The van der Waals surface area contributed by atoms with Gasteiger partial charge in [0.05, 0.1) is 7.11 Å². The standard InChI is InChI=1S/C12H21NO2/c1-3-4-5-6-7-10-8-9-13-11(10)12(14)15-2/h5-6,10-11,13H,3-4,7-9H2,1-2H3/b6-5+/t10-,11-/m0/s1. The number of hydrogen-bond donors (Lipinski definition) is 1. The molecule has 86 valence electrons. The van der Waals surface area contributed by atoms with Gasteiger partial charge in [-0.3, -0.25) is 4.79 Å². The van der Waals surface area contributed by atoms with Crippen LogP contribution in [0, 0.1) is 5.92 Å². The Labute approximate surface area is 91.9 Å². The Balaban J connectivity index is 2.36. The molecule has 3 heteroatoms. The zero-order valence-electron chi connectivity index (χ0n) is 9.66. The molecule has 15 heavy (non-hydrogen) atoms. The maximum Gasteiger partial charge on any atom is 0.323 e. The normalized spacial score (nSPS) is 26.0. The number of ether oxygens (including phenoxy) is 1. The van der Waals surface area contributed by atoms with Gasteiger partial charge in [0.25, 0.3) is 0 Å². The highest BCUT2D eigenvalue weighted by Crippen LogP contribution is 2.20. The van der Waals surface area contributed by atoms with Crippen LogP contribution in [0.1, 0.15) is 32.6 Å². The summed E-state index contributed by atoms with van der Waals surface area (Å²) in [6.45, 7) is 3.09. The van der Waals surface area contributed by atoms with E-state index in [2.05, 4.69) is 24.4 Å². The first-order valence-electron chi connectivity index (χ1n) is 5.75. The molecule has 0 amide bonds. The Bertz CT molecular complexity index is 226. The number of methoxy groups -OCH3 is 1. The first-order valence-corrected chi connectivity index (χ1v) is 5.75. The van der Waals surface area contributed by atoms with Gasteiger partial charge in [0.2, 0.25) is 0 Å². The lowest BCUT2D eigenvalue weighted by atomic mass is 9.96. The summed E-state index contributed by atoms with van der Waals surface area (Å²) in [5.41, 5.74) is 0. The van der Waals surface area contributed by atoms with Crippen molar-refractivity contribution in [2.75, 3.05) is 13.7 Å². The average molecular weight is 211 g/mol. The van der Waals surface area contributed by atoms with E-state index in [1.807, 2.05) is 0 Å². The van der Waals surface area contributed by atoms with Crippen molar-refractivity contribution >= 4 is 5.97 Å². The van der Waals surface area contributed by atoms with Gasteiger partial charge in [0.1, 0.15) is 6.04 Å². The number of unbranched alkanes of at least 4 members (excludes halogenated alkanes) is 1. The summed E-state index contributed by atoms with van der Waals surface area (Å²) in [5.74, 6) is 0.284. The zero-order valence-corrected chi connectivity index (χ0v) is 9.66. The Morgan fingerprint density at radius 2 is 2.33 bits per heavy atom. The van der Waals surface area contributed by atoms with Crippen LogP contribution in [0.15, 0.2) is 12.2 Å². The van der Waals surface area contributed by atoms with E-state index in [1.165, 1.54) is 13.5 Å². The second-order valence-corrected chi connectivity index (χ2v) is 4.00. The van der Waals surface area contributed by atoms with Crippen LogP contribution >= 0.6 is 0 Å². The molecule has 1 N–H and O–H groups in total. The van der Waals surface area contributed by atoms with Crippen molar-refractivity contribution < 1.29 is 9.53 Å². The summed E-state index contributed by atoms with van der Waals surface area (Å²) in [6.07, 6.45) is 8.75. The van der Waals surface area contributed by atoms with E-state index in [9.17, 15) is 4.79 Å².